The Labute approximate surface area is 97.3 Å². The number of hydrogen-bond donors (Lipinski definition) is 2. The van der Waals surface area contributed by atoms with Crippen molar-refractivity contribution in [3.05, 3.63) is 35.9 Å². The predicted molar refractivity (Wildman–Crippen MR) is 55.8 cm³/mol. The van der Waals surface area contributed by atoms with Crippen molar-refractivity contribution in [2.45, 2.75) is 12.0 Å². The average molecular weight is 240 g/mol. The third kappa shape index (κ3) is 3.02. The number of carbonyl (C=O) groups excluding carboxylic acids is 1. The number of carbonyl (C=O) groups is 2. The SMILES string of the molecule is COOC(=O)C(O)(Cc1ccccc1)C(=O)O. The van der Waals surface area contributed by atoms with Gasteiger partial charge in [0.05, 0.1) is 7.11 Å². The molecule has 1 aromatic carbocycles. The van der Waals surface area contributed by atoms with Crippen LogP contribution < -0.4 is 0 Å². The van der Waals surface area contributed by atoms with E-state index in [2.05, 4.69) is 9.78 Å². The van der Waals surface area contributed by atoms with Crippen LogP contribution in [0, 0.1) is 0 Å². The summed E-state index contributed by atoms with van der Waals surface area (Å²) in [5, 5.41) is 18.7. The van der Waals surface area contributed by atoms with Gasteiger partial charge in [-0.05, 0) is 5.56 Å². The van der Waals surface area contributed by atoms with Gasteiger partial charge < -0.3 is 10.2 Å². The molecule has 6 heteroatoms. The summed E-state index contributed by atoms with van der Waals surface area (Å²) in [6.07, 6.45) is -0.397. The Hall–Kier alpha value is -1.92. The van der Waals surface area contributed by atoms with Crippen LogP contribution in [-0.4, -0.2) is 34.9 Å². The van der Waals surface area contributed by atoms with Crippen molar-refractivity contribution in [3.63, 3.8) is 0 Å². The summed E-state index contributed by atoms with van der Waals surface area (Å²) < 4.78 is 0. The zero-order valence-corrected chi connectivity index (χ0v) is 9.12. The zero-order chi connectivity index (χ0) is 12.9. The number of carboxylic acids is 1. The predicted octanol–water partition coefficient (Wildman–Crippen LogP) is 0.149. The molecule has 0 aliphatic carbocycles. The van der Waals surface area contributed by atoms with Crippen LogP contribution in [0.15, 0.2) is 30.3 Å². The molecule has 0 fully saturated rings. The van der Waals surface area contributed by atoms with Gasteiger partial charge in [-0.3, -0.25) is 4.89 Å². The summed E-state index contributed by atoms with van der Waals surface area (Å²) in [5.41, 5.74) is -2.16. The summed E-state index contributed by atoms with van der Waals surface area (Å²) in [6, 6.07) is 8.25. The molecule has 0 radical (unpaired) electrons. The largest absolute Gasteiger partial charge is 0.479 e. The van der Waals surface area contributed by atoms with Crippen LogP contribution in [0.3, 0.4) is 0 Å². The summed E-state index contributed by atoms with van der Waals surface area (Å²) >= 11 is 0. The van der Waals surface area contributed by atoms with Crippen LogP contribution in [0.4, 0.5) is 0 Å². The lowest BCUT2D eigenvalue weighted by molar-refractivity contribution is -0.269. The normalized spacial score (nSPS) is 13.8. The molecule has 0 aromatic heterocycles. The van der Waals surface area contributed by atoms with Crippen LogP contribution in [0.5, 0.6) is 0 Å². The van der Waals surface area contributed by atoms with Crippen molar-refractivity contribution < 1.29 is 29.6 Å². The maximum atomic E-state index is 11.3. The quantitative estimate of drug-likeness (QED) is 0.432. The van der Waals surface area contributed by atoms with E-state index in [-0.39, 0.29) is 0 Å². The van der Waals surface area contributed by atoms with Gasteiger partial charge in [0.25, 0.3) is 5.60 Å². The summed E-state index contributed by atoms with van der Waals surface area (Å²) in [5.74, 6) is -3.06. The molecule has 0 bridgehead atoms. The van der Waals surface area contributed by atoms with Crippen LogP contribution in [0.2, 0.25) is 0 Å². The Morgan fingerprint density at radius 2 is 1.88 bits per heavy atom. The second-order valence-corrected chi connectivity index (χ2v) is 3.37. The van der Waals surface area contributed by atoms with Gasteiger partial charge in [0.2, 0.25) is 0 Å². The molecule has 1 unspecified atom stereocenters. The molecule has 6 nitrogen and oxygen atoms in total. The van der Waals surface area contributed by atoms with E-state index < -0.39 is 24.0 Å². The minimum atomic E-state index is -2.66. The monoisotopic (exact) mass is 240 g/mol. The Bertz CT molecular complexity index is 402. The number of carboxylic acid groups (broad SMARTS) is 1. The van der Waals surface area contributed by atoms with E-state index in [1.54, 1.807) is 30.3 Å². The summed E-state index contributed by atoms with van der Waals surface area (Å²) in [6.45, 7) is 0. The molecule has 17 heavy (non-hydrogen) atoms. The summed E-state index contributed by atoms with van der Waals surface area (Å²) in [4.78, 5) is 30.4. The molecule has 0 heterocycles. The van der Waals surface area contributed by atoms with Crippen molar-refractivity contribution in [3.8, 4) is 0 Å². The lowest BCUT2D eigenvalue weighted by atomic mass is 9.95. The van der Waals surface area contributed by atoms with Gasteiger partial charge in [-0.2, -0.15) is 4.89 Å². The third-order valence-corrected chi connectivity index (χ3v) is 2.15. The Kier molecular flexibility index (Phi) is 4.19. The number of hydrogen-bond acceptors (Lipinski definition) is 5. The molecule has 2 N–H and O–H groups in total. The first-order chi connectivity index (χ1) is 8.00. The highest BCUT2D eigenvalue weighted by Gasteiger charge is 2.47. The Balaban J connectivity index is 2.93. The topological polar surface area (TPSA) is 93.1 Å². The van der Waals surface area contributed by atoms with Crippen LogP contribution in [0.25, 0.3) is 0 Å². The molecule has 1 aromatic rings. The maximum absolute atomic E-state index is 11.3. The van der Waals surface area contributed by atoms with Crippen molar-refractivity contribution >= 4 is 11.9 Å². The van der Waals surface area contributed by atoms with Gasteiger partial charge in [0.1, 0.15) is 0 Å². The van der Waals surface area contributed by atoms with Gasteiger partial charge in [0, 0.05) is 6.42 Å². The summed E-state index contributed by atoms with van der Waals surface area (Å²) in [7, 11) is 1.04. The molecule has 0 saturated heterocycles. The Morgan fingerprint density at radius 1 is 1.29 bits per heavy atom. The van der Waals surface area contributed by atoms with Crippen molar-refractivity contribution in [1.29, 1.82) is 0 Å². The fraction of sp³-hybridized carbons (Fsp3) is 0.273. The molecule has 1 atom stereocenters. The fourth-order valence-electron chi connectivity index (χ4n) is 1.27. The van der Waals surface area contributed by atoms with Gasteiger partial charge >= 0.3 is 11.9 Å². The standard InChI is InChI=1S/C11H12O6/c1-16-17-10(14)11(15,9(12)13)7-8-5-3-2-4-6-8/h2-6,15H,7H2,1H3,(H,12,13). The van der Waals surface area contributed by atoms with Crippen LogP contribution in [-0.2, 0) is 25.8 Å². The first-order valence-electron chi connectivity index (χ1n) is 4.75. The highest BCUT2D eigenvalue weighted by atomic mass is 17.2. The second-order valence-electron chi connectivity index (χ2n) is 3.37. The van der Waals surface area contributed by atoms with Crippen molar-refractivity contribution in [2.24, 2.45) is 0 Å². The number of aliphatic carboxylic acids is 1. The highest BCUT2D eigenvalue weighted by Crippen LogP contribution is 2.16. The maximum Gasteiger partial charge on any atom is 0.385 e. The van der Waals surface area contributed by atoms with Gasteiger partial charge in [-0.1, -0.05) is 30.3 Å². The van der Waals surface area contributed by atoms with E-state index in [0.717, 1.165) is 7.11 Å². The number of rotatable bonds is 5. The molecular formula is C11H12O6. The zero-order valence-electron chi connectivity index (χ0n) is 9.12. The minimum Gasteiger partial charge on any atom is -0.479 e. The van der Waals surface area contributed by atoms with Crippen LogP contribution >= 0.6 is 0 Å². The molecule has 0 amide bonds. The van der Waals surface area contributed by atoms with Gasteiger partial charge in [-0.25, -0.2) is 9.59 Å². The highest BCUT2D eigenvalue weighted by molar-refractivity contribution is 6.02. The first-order valence-corrected chi connectivity index (χ1v) is 4.75. The second kappa shape index (κ2) is 5.42. The molecule has 1 rings (SSSR count). The fourth-order valence-corrected chi connectivity index (χ4v) is 1.27. The molecule has 92 valence electrons. The van der Waals surface area contributed by atoms with Gasteiger partial charge in [-0.15, -0.1) is 0 Å². The van der Waals surface area contributed by atoms with E-state index >= 15 is 0 Å². The molecular weight excluding hydrogens is 228 g/mol. The van der Waals surface area contributed by atoms with E-state index in [1.165, 1.54) is 0 Å². The average Bonchev–Trinajstić information content (AvgIpc) is 2.30. The van der Waals surface area contributed by atoms with E-state index in [0.29, 0.717) is 5.56 Å². The molecule has 0 saturated carbocycles. The minimum absolute atomic E-state index is 0.397. The smallest absolute Gasteiger partial charge is 0.385 e. The van der Waals surface area contributed by atoms with E-state index in [1.807, 2.05) is 0 Å². The van der Waals surface area contributed by atoms with Crippen molar-refractivity contribution in [2.75, 3.05) is 7.11 Å². The number of aliphatic hydroxyl groups is 1. The van der Waals surface area contributed by atoms with E-state index in [9.17, 15) is 14.7 Å². The lowest BCUT2D eigenvalue weighted by Gasteiger charge is -2.19. The first kappa shape index (κ1) is 13.1. The van der Waals surface area contributed by atoms with E-state index in [4.69, 9.17) is 5.11 Å². The Morgan fingerprint density at radius 3 is 2.35 bits per heavy atom. The van der Waals surface area contributed by atoms with Crippen molar-refractivity contribution in [1.82, 2.24) is 0 Å². The van der Waals surface area contributed by atoms with Crippen LogP contribution in [0.1, 0.15) is 5.56 Å². The number of benzene rings is 1. The lowest BCUT2D eigenvalue weighted by Crippen LogP contribution is -2.49. The molecule has 0 spiro atoms. The molecule has 0 aliphatic heterocycles. The third-order valence-electron chi connectivity index (χ3n) is 2.15. The van der Waals surface area contributed by atoms with Gasteiger partial charge in [0.15, 0.2) is 0 Å². The molecule has 0 aliphatic rings.